The number of aryl methyl sites for hydroxylation is 1. The number of aromatic nitrogens is 1. The molecule has 5 heteroatoms. The van der Waals surface area contributed by atoms with Crippen LogP contribution in [0.2, 0.25) is 0 Å². The monoisotopic (exact) mass is 497 g/mol. The molecule has 36 heavy (non-hydrogen) atoms. The molecule has 1 amide bonds. The lowest BCUT2D eigenvalue weighted by Gasteiger charge is -2.17. The Kier molecular flexibility index (Phi) is 14.7. The van der Waals surface area contributed by atoms with E-state index in [1.54, 1.807) is 7.11 Å². The molecule has 1 aromatic heterocycles. The topological polar surface area (TPSA) is 51.4 Å². The summed E-state index contributed by atoms with van der Waals surface area (Å²) in [6.07, 6.45) is 17.9. The highest BCUT2D eigenvalue weighted by Crippen LogP contribution is 2.30. The lowest BCUT2D eigenvalue weighted by molar-refractivity contribution is -0.695. The molecule has 0 radical (unpaired) electrons. The fourth-order valence-corrected chi connectivity index (χ4v) is 4.51. The average Bonchev–Trinajstić information content (AvgIpc) is 2.91. The Morgan fingerprint density at radius 3 is 2.11 bits per heavy atom. The molecule has 1 heterocycles. The molecule has 5 nitrogen and oxygen atoms in total. The van der Waals surface area contributed by atoms with Gasteiger partial charge in [0.15, 0.2) is 17.7 Å². The van der Waals surface area contributed by atoms with E-state index in [0.717, 1.165) is 24.3 Å². The molecule has 1 aromatic carbocycles. The van der Waals surface area contributed by atoms with E-state index < -0.39 is 0 Å². The first-order chi connectivity index (χ1) is 17.6. The van der Waals surface area contributed by atoms with E-state index in [4.69, 9.17) is 9.47 Å². The summed E-state index contributed by atoms with van der Waals surface area (Å²) in [7, 11) is 1.66. The van der Waals surface area contributed by atoms with Gasteiger partial charge in [-0.3, -0.25) is 4.79 Å². The van der Waals surface area contributed by atoms with E-state index in [9.17, 15) is 4.79 Å². The molecule has 0 fully saturated rings. The zero-order valence-electron chi connectivity index (χ0n) is 23.2. The van der Waals surface area contributed by atoms with Crippen LogP contribution in [0.3, 0.4) is 0 Å². The number of nitrogens with one attached hydrogen (secondary N) is 1. The van der Waals surface area contributed by atoms with Gasteiger partial charge >= 0.3 is 5.91 Å². The second-order valence-corrected chi connectivity index (χ2v) is 9.71. The quantitative estimate of drug-likeness (QED) is 0.161. The summed E-state index contributed by atoms with van der Waals surface area (Å²) in [6.45, 7) is 7.73. The normalized spacial score (nSPS) is 11.8. The molecule has 0 saturated carbocycles. The number of ether oxygens (including phenoxy) is 2. The summed E-state index contributed by atoms with van der Waals surface area (Å²) < 4.78 is 13.5. The van der Waals surface area contributed by atoms with Crippen molar-refractivity contribution in [3.05, 3.63) is 53.9 Å². The van der Waals surface area contributed by atoms with Gasteiger partial charge in [0.1, 0.15) is 6.54 Å². The van der Waals surface area contributed by atoms with Crippen LogP contribution in [0.25, 0.3) is 0 Å². The van der Waals surface area contributed by atoms with Crippen molar-refractivity contribution in [3.8, 4) is 11.5 Å². The summed E-state index contributed by atoms with van der Waals surface area (Å²) in [5.74, 6) is 1.38. The standard InChI is InChI=1S/C31H48N2O3/c1-5-7-8-9-10-11-12-13-14-15-16-19-24-36-29-22-21-27(25-30(29)35-4)26(3)32-31(34)28-20-17-18-23-33(28)6-2/h17-18,20-23,25-26H,5-16,19,24H2,1-4H3/p+1. The van der Waals surface area contributed by atoms with Gasteiger partial charge in [0.05, 0.1) is 19.8 Å². The number of hydrogen-bond donors (Lipinski definition) is 1. The highest BCUT2D eigenvalue weighted by Gasteiger charge is 2.20. The van der Waals surface area contributed by atoms with Gasteiger partial charge in [-0.2, -0.15) is 4.57 Å². The predicted octanol–water partition coefficient (Wildman–Crippen LogP) is 7.57. The van der Waals surface area contributed by atoms with Gasteiger partial charge in [0, 0.05) is 12.1 Å². The highest BCUT2D eigenvalue weighted by atomic mass is 16.5. The molecule has 1 unspecified atom stereocenters. The molecule has 0 bridgehead atoms. The predicted molar refractivity (Wildman–Crippen MR) is 148 cm³/mol. The molecule has 2 rings (SSSR count). The minimum Gasteiger partial charge on any atom is -0.493 e. The molecular formula is C31H49N2O3+. The number of unbranched alkanes of at least 4 members (excludes halogenated alkanes) is 11. The molecule has 1 atom stereocenters. The molecule has 0 aliphatic carbocycles. The largest absolute Gasteiger partial charge is 0.493 e. The first-order valence-corrected chi connectivity index (χ1v) is 14.2. The second-order valence-electron chi connectivity index (χ2n) is 9.71. The minimum atomic E-state index is -0.151. The molecule has 200 valence electrons. The van der Waals surface area contributed by atoms with Crippen molar-refractivity contribution in [2.75, 3.05) is 13.7 Å². The van der Waals surface area contributed by atoms with Crippen LogP contribution < -0.4 is 19.4 Å². The Labute approximate surface area is 219 Å². The SMILES string of the molecule is CCCCCCCCCCCCCCOc1ccc(C(C)NC(=O)c2cccc[n+]2CC)cc1OC. The van der Waals surface area contributed by atoms with Crippen molar-refractivity contribution in [2.24, 2.45) is 0 Å². The lowest BCUT2D eigenvalue weighted by atomic mass is 10.1. The number of rotatable bonds is 19. The van der Waals surface area contributed by atoms with Crippen molar-refractivity contribution in [1.82, 2.24) is 5.32 Å². The number of pyridine rings is 1. The molecular weight excluding hydrogens is 448 g/mol. The lowest BCUT2D eigenvalue weighted by Crippen LogP contribution is -2.43. The summed E-state index contributed by atoms with van der Waals surface area (Å²) >= 11 is 0. The molecule has 0 aliphatic heterocycles. The Morgan fingerprint density at radius 1 is 0.861 bits per heavy atom. The van der Waals surface area contributed by atoms with Crippen LogP contribution in [0.5, 0.6) is 11.5 Å². The highest BCUT2D eigenvalue weighted by molar-refractivity contribution is 5.91. The van der Waals surface area contributed by atoms with Gasteiger partial charge in [-0.05, 0) is 44.0 Å². The van der Waals surface area contributed by atoms with Crippen molar-refractivity contribution < 1.29 is 18.8 Å². The molecule has 2 aromatic rings. The van der Waals surface area contributed by atoms with E-state index in [-0.39, 0.29) is 11.9 Å². The van der Waals surface area contributed by atoms with E-state index >= 15 is 0 Å². The van der Waals surface area contributed by atoms with Crippen LogP contribution in [0.4, 0.5) is 0 Å². The van der Waals surface area contributed by atoms with Crippen LogP contribution in [-0.2, 0) is 6.54 Å². The minimum absolute atomic E-state index is 0.0868. The Hall–Kier alpha value is -2.56. The van der Waals surface area contributed by atoms with Crippen LogP contribution in [0, 0.1) is 0 Å². The van der Waals surface area contributed by atoms with Crippen molar-refractivity contribution >= 4 is 5.91 Å². The molecule has 0 spiro atoms. The average molecular weight is 498 g/mol. The maximum absolute atomic E-state index is 12.8. The zero-order valence-corrected chi connectivity index (χ0v) is 23.2. The number of carbonyl (C=O) groups excluding carboxylic acids is 1. The van der Waals surface area contributed by atoms with Gasteiger partial charge in [0.25, 0.3) is 5.69 Å². The summed E-state index contributed by atoms with van der Waals surface area (Å²) in [4.78, 5) is 12.8. The van der Waals surface area contributed by atoms with Crippen LogP contribution in [0.1, 0.15) is 120 Å². The third-order valence-electron chi connectivity index (χ3n) is 6.80. The van der Waals surface area contributed by atoms with E-state index in [1.807, 2.05) is 61.0 Å². The Balaban J connectivity index is 1.69. The Bertz CT molecular complexity index is 884. The Morgan fingerprint density at radius 2 is 1.50 bits per heavy atom. The third kappa shape index (κ3) is 10.6. The van der Waals surface area contributed by atoms with Crippen LogP contribution in [0.15, 0.2) is 42.6 Å². The number of carbonyl (C=O) groups is 1. The number of benzene rings is 1. The van der Waals surface area contributed by atoms with Crippen LogP contribution in [-0.4, -0.2) is 19.6 Å². The van der Waals surface area contributed by atoms with Crippen molar-refractivity contribution in [3.63, 3.8) is 0 Å². The van der Waals surface area contributed by atoms with Crippen LogP contribution >= 0.6 is 0 Å². The number of amides is 1. The number of hydrogen-bond acceptors (Lipinski definition) is 3. The molecule has 0 aliphatic rings. The first-order valence-electron chi connectivity index (χ1n) is 14.2. The maximum Gasteiger partial charge on any atom is 0.316 e. The van der Waals surface area contributed by atoms with Crippen molar-refractivity contribution in [2.45, 2.75) is 110 Å². The van der Waals surface area contributed by atoms with Gasteiger partial charge in [-0.1, -0.05) is 83.6 Å². The van der Waals surface area contributed by atoms with E-state index in [2.05, 4.69) is 12.2 Å². The van der Waals surface area contributed by atoms with E-state index in [1.165, 1.54) is 70.6 Å². The van der Waals surface area contributed by atoms with E-state index in [0.29, 0.717) is 18.1 Å². The third-order valence-corrected chi connectivity index (χ3v) is 6.80. The summed E-state index contributed by atoms with van der Waals surface area (Å²) in [5, 5.41) is 3.10. The molecule has 1 N–H and O–H groups in total. The smallest absolute Gasteiger partial charge is 0.316 e. The fraction of sp³-hybridized carbons (Fsp3) is 0.613. The van der Waals surface area contributed by atoms with Gasteiger partial charge in [0.2, 0.25) is 0 Å². The zero-order chi connectivity index (χ0) is 26.0. The summed E-state index contributed by atoms with van der Waals surface area (Å²) in [6, 6.07) is 11.4. The van der Waals surface area contributed by atoms with Gasteiger partial charge in [-0.25, -0.2) is 0 Å². The summed E-state index contributed by atoms with van der Waals surface area (Å²) in [5.41, 5.74) is 1.64. The second kappa shape index (κ2) is 17.8. The number of methoxy groups -OCH3 is 1. The number of nitrogens with zero attached hydrogens (tertiary/aromatic N) is 1. The first kappa shape index (κ1) is 29.7. The maximum atomic E-state index is 12.8. The van der Waals surface area contributed by atoms with Gasteiger partial charge < -0.3 is 14.8 Å². The fourth-order valence-electron chi connectivity index (χ4n) is 4.51. The van der Waals surface area contributed by atoms with Gasteiger partial charge in [-0.15, -0.1) is 0 Å². The molecule has 0 saturated heterocycles. The van der Waals surface area contributed by atoms with Crippen molar-refractivity contribution in [1.29, 1.82) is 0 Å².